The van der Waals surface area contributed by atoms with Crippen molar-refractivity contribution in [3.8, 4) is 0 Å². The summed E-state index contributed by atoms with van der Waals surface area (Å²) < 4.78 is 15.3. The molecule has 0 aliphatic rings. The van der Waals surface area contributed by atoms with Crippen LogP contribution in [0.5, 0.6) is 0 Å². The van der Waals surface area contributed by atoms with Crippen LogP contribution >= 0.6 is 23.4 Å². The summed E-state index contributed by atoms with van der Waals surface area (Å²) in [7, 11) is 0. The van der Waals surface area contributed by atoms with E-state index in [1.807, 2.05) is 11.8 Å². The maximum Gasteiger partial charge on any atom is 0.125 e. The minimum absolute atomic E-state index is 0.252. The molecule has 0 radical (unpaired) electrons. The van der Waals surface area contributed by atoms with E-state index >= 15 is 0 Å². The maximum absolute atomic E-state index is 13.2. The van der Waals surface area contributed by atoms with Gasteiger partial charge in [0.05, 0.1) is 16.9 Å². The highest BCUT2D eigenvalue weighted by Crippen LogP contribution is 2.20. The van der Waals surface area contributed by atoms with Gasteiger partial charge in [0, 0.05) is 12.6 Å². The van der Waals surface area contributed by atoms with Crippen molar-refractivity contribution >= 4 is 34.4 Å². The topological polar surface area (TPSA) is 17.8 Å². The smallest absolute Gasteiger partial charge is 0.125 e. The van der Waals surface area contributed by atoms with E-state index in [-0.39, 0.29) is 5.82 Å². The summed E-state index contributed by atoms with van der Waals surface area (Å²) in [4.78, 5) is 4.39. The number of benzene rings is 1. The lowest BCUT2D eigenvalue weighted by Gasteiger charge is -2.07. The Morgan fingerprint density at radius 1 is 1.32 bits per heavy atom. The van der Waals surface area contributed by atoms with Gasteiger partial charge in [0.2, 0.25) is 0 Å². The molecule has 0 saturated carbocycles. The second-order valence-corrected chi connectivity index (χ2v) is 5.75. The summed E-state index contributed by atoms with van der Waals surface area (Å²) in [5.41, 5.74) is 1.67. The third-order valence-corrected chi connectivity index (χ3v) is 4.08. The van der Waals surface area contributed by atoms with E-state index in [9.17, 15) is 4.39 Å². The molecule has 0 bridgehead atoms. The molecule has 19 heavy (non-hydrogen) atoms. The van der Waals surface area contributed by atoms with Gasteiger partial charge in [-0.15, -0.1) is 11.6 Å². The van der Waals surface area contributed by atoms with Crippen LogP contribution in [0.15, 0.2) is 18.2 Å². The average molecular weight is 301 g/mol. The fraction of sp³-hybridized carbons (Fsp3) is 0.500. The molecule has 0 saturated heterocycles. The molecular weight excluding hydrogens is 283 g/mol. The molecule has 0 atom stereocenters. The number of aryl methyl sites for hydroxylation is 1. The molecule has 0 N–H and O–H groups in total. The van der Waals surface area contributed by atoms with Gasteiger partial charge in [0.15, 0.2) is 0 Å². The molecule has 1 aromatic carbocycles. The summed E-state index contributed by atoms with van der Waals surface area (Å²) in [6.45, 7) is 0.901. The third kappa shape index (κ3) is 3.63. The Morgan fingerprint density at radius 2 is 2.16 bits per heavy atom. The van der Waals surface area contributed by atoms with Crippen LogP contribution in [0, 0.1) is 5.82 Å². The molecule has 2 nitrogen and oxygen atoms in total. The Hall–Kier alpha value is -0.740. The molecule has 1 heterocycles. The first-order valence-corrected chi connectivity index (χ1v) is 8.38. The molecule has 0 unspecified atom stereocenters. The average Bonchev–Trinajstić information content (AvgIpc) is 2.75. The van der Waals surface area contributed by atoms with E-state index < -0.39 is 0 Å². The number of thioether (sulfide) groups is 1. The van der Waals surface area contributed by atoms with Crippen molar-refractivity contribution in [3.63, 3.8) is 0 Å². The zero-order valence-electron chi connectivity index (χ0n) is 11.0. The van der Waals surface area contributed by atoms with Crippen LogP contribution in [0.25, 0.3) is 11.0 Å². The molecule has 0 spiro atoms. The molecule has 5 heteroatoms. The van der Waals surface area contributed by atoms with Crippen LogP contribution in [-0.4, -0.2) is 21.6 Å². The van der Waals surface area contributed by atoms with E-state index in [1.165, 1.54) is 30.7 Å². The fourth-order valence-corrected chi connectivity index (χ4v) is 2.89. The van der Waals surface area contributed by atoms with Crippen molar-refractivity contribution in [2.45, 2.75) is 31.7 Å². The van der Waals surface area contributed by atoms with Gasteiger partial charge in [0.1, 0.15) is 11.6 Å². The second-order valence-electron chi connectivity index (χ2n) is 4.50. The van der Waals surface area contributed by atoms with Crippen LogP contribution in [0.1, 0.15) is 25.1 Å². The van der Waals surface area contributed by atoms with Gasteiger partial charge in [-0.2, -0.15) is 11.8 Å². The predicted octanol–water partition coefficient (Wildman–Crippen LogP) is 4.45. The minimum atomic E-state index is -0.252. The fourth-order valence-electron chi connectivity index (χ4n) is 2.20. The van der Waals surface area contributed by atoms with Crippen molar-refractivity contribution in [1.29, 1.82) is 0 Å². The lowest BCUT2D eigenvalue weighted by molar-refractivity contribution is 0.601. The van der Waals surface area contributed by atoms with Crippen LogP contribution < -0.4 is 0 Å². The van der Waals surface area contributed by atoms with Crippen molar-refractivity contribution in [3.05, 3.63) is 29.8 Å². The van der Waals surface area contributed by atoms with Crippen LogP contribution in [-0.2, 0) is 12.4 Å². The van der Waals surface area contributed by atoms with Crippen molar-refractivity contribution in [2.24, 2.45) is 0 Å². The third-order valence-electron chi connectivity index (χ3n) is 3.14. The van der Waals surface area contributed by atoms with Crippen LogP contribution in [0.3, 0.4) is 0 Å². The number of aromatic nitrogens is 2. The Kier molecular flexibility index (Phi) is 5.52. The first-order valence-electron chi connectivity index (χ1n) is 6.46. The van der Waals surface area contributed by atoms with E-state index in [0.29, 0.717) is 11.4 Å². The standard InChI is InChI=1S/C14H18ClFN2S/c1-19-8-4-2-3-7-18-13-6-5-11(16)9-12(13)17-14(18)10-15/h5-6,9H,2-4,7-8,10H2,1H3. The van der Waals surface area contributed by atoms with Gasteiger partial charge < -0.3 is 4.57 Å². The number of fused-ring (bicyclic) bond motifs is 1. The van der Waals surface area contributed by atoms with Gasteiger partial charge in [-0.1, -0.05) is 6.42 Å². The first kappa shape index (κ1) is 14.7. The summed E-state index contributed by atoms with van der Waals surface area (Å²) >= 11 is 7.80. The van der Waals surface area contributed by atoms with E-state index in [1.54, 1.807) is 6.07 Å². The maximum atomic E-state index is 13.2. The Balaban J connectivity index is 2.11. The first-order chi connectivity index (χ1) is 9.26. The summed E-state index contributed by atoms with van der Waals surface area (Å²) in [6.07, 6.45) is 5.67. The number of halogens is 2. The Bertz CT molecular complexity index is 541. The molecule has 2 aromatic rings. The molecular formula is C14H18ClFN2S. The van der Waals surface area contributed by atoms with Crippen LogP contribution in [0.2, 0.25) is 0 Å². The van der Waals surface area contributed by atoms with E-state index in [0.717, 1.165) is 24.3 Å². The van der Waals surface area contributed by atoms with Gasteiger partial charge in [-0.3, -0.25) is 0 Å². The molecule has 0 aliphatic heterocycles. The van der Waals surface area contributed by atoms with Crippen LogP contribution in [0.4, 0.5) is 4.39 Å². The Morgan fingerprint density at radius 3 is 2.89 bits per heavy atom. The lowest BCUT2D eigenvalue weighted by Crippen LogP contribution is -2.02. The van der Waals surface area contributed by atoms with Crippen molar-refractivity contribution < 1.29 is 4.39 Å². The zero-order valence-corrected chi connectivity index (χ0v) is 12.6. The molecule has 0 aliphatic carbocycles. The van der Waals surface area contributed by atoms with Crippen molar-refractivity contribution in [1.82, 2.24) is 9.55 Å². The molecule has 1 aromatic heterocycles. The molecule has 0 amide bonds. The Labute approximate surface area is 122 Å². The monoisotopic (exact) mass is 300 g/mol. The number of imidazole rings is 1. The number of hydrogen-bond donors (Lipinski definition) is 0. The highest BCUT2D eigenvalue weighted by molar-refractivity contribution is 7.98. The second kappa shape index (κ2) is 7.15. The van der Waals surface area contributed by atoms with Gasteiger partial charge in [0.25, 0.3) is 0 Å². The normalized spacial score (nSPS) is 11.3. The zero-order chi connectivity index (χ0) is 13.7. The number of hydrogen-bond acceptors (Lipinski definition) is 2. The quantitative estimate of drug-likeness (QED) is 0.555. The van der Waals surface area contributed by atoms with Crippen molar-refractivity contribution in [2.75, 3.05) is 12.0 Å². The number of rotatable bonds is 7. The van der Waals surface area contributed by atoms with Gasteiger partial charge >= 0.3 is 0 Å². The minimum Gasteiger partial charge on any atom is -0.327 e. The SMILES string of the molecule is CSCCCCCn1c(CCl)nc2cc(F)ccc21. The number of unbranched alkanes of at least 4 members (excludes halogenated alkanes) is 2. The molecule has 104 valence electrons. The molecule has 2 rings (SSSR count). The summed E-state index contributed by atoms with van der Waals surface area (Å²) in [5.74, 6) is 2.14. The lowest BCUT2D eigenvalue weighted by atomic mass is 10.2. The number of alkyl halides is 1. The van der Waals surface area contributed by atoms with E-state index in [4.69, 9.17) is 11.6 Å². The molecule has 0 fully saturated rings. The van der Waals surface area contributed by atoms with E-state index in [2.05, 4.69) is 15.8 Å². The summed E-state index contributed by atoms with van der Waals surface area (Å²) in [5, 5.41) is 0. The number of nitrogens with zero attached hydrogens (tertiary/aromatic N) is 2. The predicted molar refractivity (Wildman–Crippen MR) is 81.5 cm³/mol. The largest absolute Gasteiger partial charge is 0.327 e. The highest BCUT2D eigenvalue weighted by atomic mass is 35.5. The van der Waals surface area contributed by atoms with Gasteiger partial charge in [-0.05, 0) is 37.0 Å². The summed E-state index contributed by atoms with van der Waals surface area (Å²) in [6, 6.07) is 4.73. The highest BCUT2D eigenvalue weighted by Gasteiger charge is 2.10. The van der Waals surface area contributed by atoms with Gasteiger partial charge in [-0.25, -0.2) is 9.37 Å².